The van der Waals surface area contributed by atoms with Crippen molar-refractivity contribution in [3.63, 3.8) is 0 Å². The SMILES string of the molecule is Cc1cc(C)n(CCNC(=O)c2onc3ncccc23)c(=O)n1. The second-order valence-corrected chi connectivity index (χ2v) is 5.12. The van der Waals surface area contributed by atoms with E-state index in [1.165, 1.54) is 4.57 Å². The van der Waals surface area contributed by atoms with Gasteiger partial charge in [0.1, 0.15) is 0 Å². The first kappa shape index (κ1) is 14.9. The van der Waals surface area contributed by atoms with Gasteiger partial charge in [-0.3, -0.25) is 9.36 Å². The number of amides is 1. The first-order chi connectivity index (χ1) is 11.1. The molecule has 3 aromatic rings. The molecule has 3 aromatic heterocycles. The summed E-state index contributed by atoms with van der Waals surface area (Å²) >= 11 is 0. The van der Waals surface area contributed by atoms with Crippen LogP contribution in [0.5, 0.6) is 0 Å². The Morgan fingerprint density at radius 3 is 3.00 bits per heavy atom. The molecule has 0 aliphatic carbocycles. The van der Waals surface area contributed by atoms with Crippen LogP contribution in [0.15, 0.2) is 33.7 Å². The molecule has 0 spiro atoms. The van der Waals surface area contributed by atoms with Gasteiger partial charge in [-0.15, -0.1) is 0 Å². The molecule has 118 valence electrons. The van der Waals surface area contributed by atoms with Gasteiger partial charge in [0.05, 0.1) is 5.39 Å². The minimum absolute atomic E-state index is 0.110. The smallest absolute Gasteiger partial charge is 0.348 e. The van der Waals surface area contributed by atoms with Gasteiger partial charge in [-0.25, -0.2) is 9.78 Å². The number of rotatable bonds is 4. The van der Waals surface area contributed by atoms with Crippen LogP contribution in [0, 0.1) is 13.8 Å². The molecule has 3 heterocycles. The van der Waals surface area contributed by atoms with Gasteiger partial charge in [-0.1, -0.05) is 5.16 Å². The highest BCUT2D eigenvalue weighted by Gasteiger charge is 2.16. The number of fused-ring (bicyclic) bond motifs is 1. The van der Waals surface area contributed by atoms with Crippen molar-refractivity contribution in [2.45, 2.75) is 20.4 Å². The van der Waals surface area contributed by atoms with Crippen molar-refractivity contribution >= 4 is 16.9 Å². The van der Waals surface area contributed by atoms with Crippen LogP contribution < -0.4 is 11.0 Å². The maximum absolute atomic E-state index is 12.2. The van der Waals surface area contributed by atoms with Crippen molar-refractivity contribution in [1.29, 1.82) is 0 Å². The summed E-state index contributed by atoms with van der Waals surface area (Å²) in [5.74, 6) is -0.287. The maximum atomic E-state index is 12.2. The van der Waals surface area contributed by atoms with Gasteiger partial charge in [0.2, 0.25) is 11.4 Å². The molecule has 0 bridgehead atoms. The molecule has 0 aliphatic heterocycles. The molecule has 23 heavy (non-hydrogen) atoms. The number of pyridine rings is 1. The van der Waals surface area contributed by atoms with E-state index in [4.69, 9.17) is 4.52 Å². The van der Waals surface area contributed by atoms with E-state index in [1.807, 2.05) is 13.0 Å². The van der Waals surface area contributed by atoms with Crippen molar-refractivity contribution in [2.75, 3.05) is 6.54 Å². The minimum atomic E-state index is -0.397. The first-order valence-corrected chi connectivity index (χ1v) is 7.10. The lowest BCUT2D eigenvalue weighted by molar-refractivity contribution is 0.0917. The number of aromatic nitrogens is 4. The fourth-order valence-corrected chi connectivity index (χ4v) is 2.36. The highest BCUT2D eigenvalue weighted by atomic mass is 16.5. The topological polar surface area (TPSA) is 103 Å². The van der Waals surface area contributed by atoms with Gasteiger partial charge in [0.15, 0.2) is 0 Å². The van der Waals surface area contributed by atoms with Crippen molar-refractivity contribution in [2.24, 2.45) is 0 Å². The number of aryl methyl sites for hydroxylation is 2. The molecule has 8 nitrogen and oxygen atoms in total. The Bertz CT molecular complexity index is 928. The summed E-state index contributed by atoms with van der Waals surface area (Å²) in [6.45, 7) is 4.19. The van der Waals surface area contributed by atoms with Gasteiger partial charge < -0.3 is 9.84 Å². The summed E-state index contributed by atoms with van der Waals surface area (Å²) in [7, 11) is 0. The summed E-state index contributed by atoms with van der Waals surface area (Å²) in [4.78, 5) is 31.9. The molecular weight excluding hydrogens is 298 g/mol. The van der Waals surface area contributed by atoms with Crippen LogP contribution in [-0.4, -0.2) is 32.1 Å². The molecule has 0 atom stereocenters. The molecule has 0 saturated heterocycles. The Hall–Kier alpha value is -3.03. The van der Waals surface area contributed by atoms with E-state index in [1.54, 1.807) is 25.3 Å². The monoisotopic (exact) mass is 313 g/mol. The van der Waals surface area contributed by atoms with Crippen LogP contribution >= 0.6 is 0 Å². The minimum Gasteiger partial charge on any atom is -0.348 e. The standard InChI is InChI=1S/C15H15N5O3/c1-9-8-10(2)20(15(22)18-9)7-6-17-14(21)12-11-4-3-5-16-13(11)19-23-12/h3-5,8H,6-7H2,1-2H3,(H,17,21). The fourth-order valence-electron chi connectivity index (χ4n) is 2.36. The van der Waals surface area contributed by atoms with Crippen LogP contribution in [0.3, 0.4) is 0 Å². The average molecular weight is 313 g/mol. The van der Waals surface area contributed by atoms with Crippen molar-refractivity contribution in [3.8, 4) is 0 Å². The lowest BCUT2D eigenvalue weighted by atomic mass is 10.2. The van der Waals surface area contributed by atoms with Crippen molar-refractivity contribution in [3.05, 3.63) is 52.0 Å². The Labute approximate surface area is 131 Å². The molecule has 8 heteroatoms. The predicted octanol–water partition coefficient (Wildman–Crippen LogP) is 0.826. The number of nitrogens with zero attached hydrogens (tertiary/aromatic N) is 4. The maximum Gasteiger partial charge on any atom is 0.348 e. The summed E-state index contributed by atoms with van der Waals surface area (Å²) in [5.41, 5.74) is 1.53. The number of carbonyl (C=O) groups is 1. The van der Waals surface area contributed by atoms with E-state index in [-0.39, 0.29) is 18.0 Å². The predicted molar refractivity (Wildman–Crippen MR) is 82.1 cm³/mol. The molecule has 1 amide bonds. The van der Waals surface area contributed by atoms with E-state index < -0.39 is 5.91 Å². The van der Waals surface area contributed by atoms with Crippen LogP contribution in [0.25, 0.3) is 11.0 Å². The Balaban J connectivity index is 1.70. The van der Waals surface area contributed by atoms with Crippen LogP contribution in [0.2, 0.25) is 0 Å². The van der Waals surface area contributed by atoms with Gasteiger partial charge in [-0.05, 0) is 32.0 Å². The zero-order valence-electron chi connectivity index (χ0n) is 12.7. The summed E-state index contributed by atoms with van der Waals surface area (Å²) < 4.78 is 6.54. The molecule has 3 rings (SSSR count). The lowest BCUT2D eigenvalue weighted by Gasteiger charge is -2.09. The Morgan fingerprint density at radius 1 is 1.39 bits per heavy atom. The summed E-state index contributed by atoms with van der Waals surface area (Å²) in [6, 6.07) is 5.24. The second kappa shape index (κ2) is 5.99. The van der Waals surface area contributed by atoms with Crippen LogP contribution in [0.4, 0.5) is 0 Å². The van der Waals surface area contributed by atoms with Gasteiger partial charge in [-0.2, -0.15) is 4.98 Å². The zero-order chi connectivity index (χ0) is 16.4. The van der Waals surface area contributed by atoms with Gasteiger partial charge in [0, 0.05) is 30.7 Å². The molecule has 0 fully saturated rings. The third-order valence-corrected chi connectivity index (χ3v) is 3.43. The van der Waals surface area contributed by atoms with E-state index in [0.717, 1.165) is 5.69 Å². The normalized spacial score (nSPS) is 10.9. The van der Waals surface area contributed by atoms with Gasteiger partial charge >= 0.3 is 5.69 Å². The quantitative estimate of drug-likeness (QED) is 0.765. The largest absolute Gasteiger partial charge is 0.348 e. The highest BCUT2D eigenvalue weighted by molar-refractivity contribution is 6.02. The highest BCUT2D eigenvalue weighted by Crippen LogP contribution is 2.15. The molecule has 0 aromatic carbocycles. The number of hydrogen-bond acceptors (Lipinski definition) is 6. The van der Waals surface area contributed by atoms with Crippen molar-refractivity contribution < 1.29 is 9.32 Å². The van der Waals surface area contributed by atoms with Crippen molar-refractivity contribution in [1.82, 2.24) is 25.0 Å². The molecular formula is C15H15N5O3. The summed E-state index contributed by atoms with van der Waals surface area (Å²) in [5, 5.41) is 6.99. The zero-order valence-corrected chi connectivity index (χ0v) is 12.7. The average Bonchev–Trinajstić information content (AvgIpc) is 2.93. The molecule has 0 radical (unpaired) electrons. The molecule has 0 unspecified atom stereocenters. The third-order valence-electron chi connectivity index (χ3n) is 3.43. The second-order valence-electron chi connectivity index (χ2n) is 5.12. The van der Waals surface area contributed by atoms with E-state index >= 15 is 0 Å². The van der Waals surface area contributed by atoms with E-state index in [9.17, 15) is 9.59 Å². The molecule has 0 aliphatic rings. The van der Waals surface area contributed by atoms with Crippen LogP contribution in [-0.2, 0) is 6.54 Å². The Morgan fingerprint density at radius 2 is 2.22 bits per heavy atom. The van der Waals surface area contributed by atoms with E-state index in [2.05, 4.69) is 20.4 Å². The number of carbonyl (C=O) groups excluding carboxylic acids is 1. The molecule has 0 saturated carbocycles. The first-order valence-electron chi connectivity index (χ1n) is 7.10. The van der Waals surface area contributed by atoms with Crippen LogP contribution in [0.1, 0.15) is 21.9 Å². The van der Waals surface area contributed by atoms with E-state index in [0.29, 0.717) is 23.3 Å². The molecule has 1 N–H and O–H groups in total. The lowest BCUT2D eigenvalue weighted by Crippen LogP contribution is -2.33. The number of nitrogens with one attached hydrogen (secondary N) is 1. The Kier molecular flexibility index (Phi) is 3.88. The summed E-state index contributed by atoms with van der Waals surface area (Å²) in [6.07, 6.45) is 1.58. The third kappa shape index (κ3) is 2.96. The number of hydrogen-bond donors (Lipinski definition) is 1. The fraction of sp³-hybridized carbons (Fsp3) is 0.267. The van der Waals surface area contributed by atoms with Gasteiger partial charge in [0.25, 0.3) is 5.91 Å².